The van der Waals surface area contributed by atoms with Gasteiger partial charge >= 0.3 is 0 Å². The van der Waals surface area contributed by atoms with Crippen molar-refractivity contribution in [2.45, 2.75) is 38.3 Å². The van der Waals surface area contributed by atoms with Crippen LogP contribution in [0.3, 0.4) is 0 Å². The Morgan fingerprint density at radius 3 is 2.79 bits per heavy atom. The van der Waals surface area contributed by atoms with Crippen LogP contribution in [-0.2, 0) is 4.79 Å². The van der Waals surface area contributed by atoms with Gasteiger partial charge in [-0.05, 0) is 19.4 Å². The minimum absolute atomic E-state index is 0.0774. The van der Waals surface area contributed by atoms with E-state index < -0.39 is 0 Å². The molecule has 3 atom stereocenters. The van der Waals surface area contributed by atoms with Gasteiger partial charge in [-0.3, -0.25) is 10.2 Å². The average molecular weight is 325 g/mol. The molecule has 3 N–H and O–H groups in total. The number of aromatic nitrogens is 2. The summed E-state index contributed by atoms with van der Waals surface area (Å²) in [4.78, 5) is 12.3. The third-order valence-electron chi connectivity index (χ3n) is 5.07. The number of fused-ring (bicyclic) bond motifs is 1. The number of hydrogen-bond acceptors (Lipinski definition) is 4. The molecule has 0 saturated carbocycles. The Morgan fingerprint density at radius 2 is 2.04 bits per heavy atom. The molecule has 4 rings (SSSR count). The number of benzene rings is 1. The van der Waals surface area contributed by atoms with Gasteiger partial charge in [0.05, 0.1) is 12.2 Å². The highest BCUT2D eigenvalue weighted by Crippen LogP contribution is 2.43. The van der Waals surface area contributed by atoms with E-state index in [1.807, 2.05) is 16.9 Å². The summed E-state index contributed by atoms with van der Waals surface area (Å²) < 4.78 is 1.91. The van der Waals surface area contributed by atoms with Crippen molar-refractivity contribution in [1.29, 1.82) is 0 Å². The molecule has 1 aromatic heterocycles. The molecule has 3 unspecified atom stereocenters. The van der Waals surface area contributed by atoms with Crippen LogP contribution in [-0.4, -0.2) is 22.2 Å². The van der Waals surface area contributed by atoms with E-state index in [9.17, 15) is 4.79 Å². The number of anilines is 1. The van der Waals surface area contributed by atoms with Gasteiger partial charge in [0, 0.05) is 36.4 Å². The van der Waals surface area contributed by atoms with Crippen molar-refractivity contribution >= 4 is 11.7 Å². The zero-order valence-corrected chi connectivity index (χ0v) is 14.0. The summed E-state index contributed by atoms with van der Waals surface area (Å²) in [5.74, 6) is 1.41. The first-order valence-electron chi connectivity index (χ1n) is 8.55. The predicted octanol–water partition coefficient (Wildman–Crippen LogP) is 2.36. The Balaban J connectivity index is 1.70. The second-order valence-electron chi connectivity index (χ2n) is 6.92. The Bertz CT molecular complexity index is 739. The maximum absolute atomic E-state index is 12.3. The van der Waals surface area contributed by atoms with Gasteiger partial charge < -0.3 is 5.32 Å². The van der Waals surface area contributed by atoms with Gasteiger partial charge in [0.2, 0.25) is 5.91 Å². The fourth-order valence-corrected chi connectivity index (χ4v) is 3.92. The predicted molar refractivity (Wildman–Crippen MR) is 92.4 cm³/mol. The SMILES string of the molecule is CC(C)n1ncc2c1NC(=O)CC2C1CNNC1c1ccccc1. The van der Waals surface area contributed by atoms with Crippen LogP contribution in [0.1, 0.15) is 49.4 Å². The van der Waals surface area contributed by atoms with E-state index in [2.05, 4.69) is 59.4 Å². The summed E-state index contributed by atoms with van der Waals surface area (Å²) in [6, 6.07) is 10.8. The van der Waals surface area contributed by atoms with Gasteiger partial charge in [-0.1, -0.05) is 30.3 Å². The fraction of sp³-hybridized carbons (Fsp3) is 0.444. The number of amides is 1. The molecule has 6 heteroatoms. The second kappa shape index (κ2) is 6.03. The van der Waals surface area contributed by atoms with E-state index in [0.29, 0.717) is 12.3 Å². The topological polar surface area (TPSA) is 71.0 Å². The summed E-state index contributed by atoms with van der Waals surface area (Å²) in [6.07, 6.45) is 2.44. The number of rotatable bonds is 3. The summed E-state index contributed by atoms with van der Waals surface area (Å²) >= 11 is 0. The molecule has 2 aliphatic heterocycles. The quantitative estimate of drug-likeness (QED) is 0.810. The minimum Gasteiger partial charge on any atom is -0.311 e. The number of carbonyl (C=O) groups is 1. The van der Waals surface area contributed by atoms with Crippen LogP contribution in [0.2, 0.25) is 0 Å². The van der Waals surface area contributed by atoms with Gasteiger partial charge in [-0.25, -0.2) is 10.1 Å². The average Bonchev–Trinajstić information content (AvgIpc) is 3.21. The number of nitrogens with zero attached hydrogens (tertiary/aromatic N) is 2. The number of nitrogens with one attached hydrogen (secondary N) is 3. The van der Waals surface area contributed by atoms with Crippen LogP contribution in [0.5, 0.6) is 0 Å². The number of hydrogen-bond donors (Lipinski definition) is 3. The number of hydrazine groups is 1. The van der Waals surface area contributed by atoms with Gasteiger partial charge in [-0.15, -0.1) is 0 Å². The molecule has 0 bridgehead atoms. The standard InChI is InChI=1S/C18H23N5O/c1-11(2)23-18-15(10-20-23)13(8-16(24)21-18)14-9-19-22-17(14)12-6-4-3-5-7-12/h3-7,10-11,13-14,17,19,22H,8-9H2,1-2H3,(H,21,24). The van der Waals surface area contributed by atoms with E-state index in [1.165, 1.54) is 5.56 Å². The Kier molecular flexibility index (Phi) is 3.86. The Hall–Kier alpha value is -2.18. The van der Waals surface area contributed by atoms with Crippen LogP contribution >= 0.6 is 0 Å². The largest absolute Gasteiger partial charge is 0.311 e. The first-order valence-corrected chi connectivity index (χ1v) is 8.55. The molecule has 2 aromatic rings. The van der Waals surface area contributed by atoms with Crippen LogP contribution < -0.4 is 16.2 Å². The molecule has 0 spiro atoms. The number of carbonyl (C=O) groups excluding carboxylic acids is 1. The van der Waals surface area contributed by atoms with Crippen LogP contribution in [0.4, 0.5) is 5.82 Å². The van der Waals surface area contributed by atoms with Gasteiger partial charge in [0.15, 0.2) is 0 Å². The summed E-state index contributed by atoms with van der Waals surface area (Å²) in [5, 5.41) is 7.53. The highest BCUT2D eigenvalue weighted by Gasteiger charge is 2.40. The summed E-state index contributed by atoms with van der Waals surface area (Å²) in [6.45, 7) is 4.99. The Labute approximate surface area is 141 Å². The van der Waals surface area contributed by atoms with Gasteiger partial charge in [0.25, 0.3) is 0 Å². The maximum atomic E-state index is 12.3. The molecule has 1 aromatic carbocycles. The van der Waals surface area contributed by atoms with E-state index in [-0.39, 0.29) is 23.9 Å². The van der Waals surface area contributed by atoms with Crippen molar-refractivity contribution in [1.82, 2.24) is 20.6 Å². The van der Waals surface area contributed by atoms with Crippen molar-refractivity contribution in [3.8, 4) is 0 Å². The van der Waals surface area contributed by atoms with E-state index in [1.54, 1.807) is 0 Å². The van der Waals surface area contributed by atoms with Crippen molar-refractivity contribution in [2.75, 3.05) is 11.9 Å². The van der Waals surface area contributed by atoms with E-state index >= 15 is 0 Å². The minimum atomic E-state index is 0.0774. The van der Waals surface area contributed by atoms with Crippen molar-refractivity contribution in [3.05, 3.63) is 47.7 Å². The lowest BCUT2D eigenvalue weighted by molar-refractivity contribution is -0.117. The third-order valence-corrected chi connectivity index (χ3v) is 5.07. The molecular weight excluding hydrogens is 302 g/mol. The molecular formula is C18H23N5O. The first-order chi connectivity index (χ1) is 11.6. The summed E-state index contributed by atoms with van der Waals surface area (Å²) in [7, 11) is 0. The van der Waals surface area contributed by atoms with Gasteiger partial charge in [0.1, 0.15) is 5.82 Å². The highest BCUT2D eigenvalue weighted by molar-refractivity contribution is 5.93. The monoisotopic (exact) mass is 325 g/mol. The summed E-state index contributed by atoms with van der Waals surface area (Å²) in [5.41, 5.74) is 9.07. The maximum Gasteiger partial charge on any atom is 0.226 e. The van der Waals surface area contributed by atoms with Crippen molar-refractivity contribution in [3.63, 3.8) is 0 Å². The Morgan fingerprint density at radius 1 is 1.25 bits per heavy atom. The zero-order chi connectivity index (χ0) is 16.7. The van der Waals surface area contributed by atoms with E-state index in [0.717, 1.165) is 17.9 Å². The van der Waals surface area contributed by atoms with Crippen molar-refractivity contribution in [2.24, 2.45) is 5.92 Å². The molecule has 2 aliphatic rings. The van der Waals surface area contributed by atoms with Crippen molar-refractivity contribution < 1.29 is 4.79 Å². The molecule has 24 heavy (non-hydrogen) atoms. The molecule has 1 amide bonds. The lowest BCUT2D eigenvalue weighted by Crippen LogP contribution is -2.31. The molecule has 1 fully saturated rings. The molecule has 0 radical (unpaired) electrons. The lowest BCUT2D eigenvalue weighted by atomic mass is 9.77. The molecule has 126 valence electrons. The van der Waals surface area contributed by atoms with Crippen LogP contribution in [0, 0.1) is 5.92 Å². The van der Waals surface area contributed by atoms with Crippen LogP contribution in [0.25, 0.3) is 0 Å². The lowest BCUT2D eigenvalue weighted by Gasteiger charge is -2.31. The normalized spacial score (nSPS) is 26.5. The zero-order valence-electron chi connectivity index (χ0n) is 14.0. The highest BCUT2D eigenvalue weighted by atomic mass is 16.1. The third kappa shape index (κ3) is 2.52. The first kappa shape index (κ1) is 15.4. The fourth-order valence-electron chi connectivity index (χ4n) is 3.92. The molecule has 0 aliphatic carbocycles. The molecule has 6 nitrogen and oxygen atoms in total. The second-order valence-corrected chi connectivity index (χ2v) is 6.92. The molecule has 1 saturated heterocycles. The molecule has 3 heterocycles. The van der Waals surface area contributed by atoms with Gasteiger partial charge in [-0.2, -0.15) is 5.10 Å². The van der Waals surface area contributed by atoms with E-state index in [4.69, 9.17) is 0 Å². The smallest absolute Gasteiger partial charge is 0.226 e. The van der Waals surface area contributed by atoms with Crippen LogP contribution in [0.15, 0.2) is 36.5 Å².